The van der Waals surface area contributed by atoms with Crippen molar-refractivity contribution in [3.8, 4) is 5.75 Å². The SMILES string of the molecule is COc1ccc([C@@](C)(O)C(=O)C[C@@H]2SCCNC2=O)cc1. The molecule has 1 heterocycles. The Morgan fingerprint density at radius 1 is 1.48 bits per heavy atom. The second-order valence-corrected chi connectivity index (χ2v) is 6.39. The highest BCUT2D eigenvalue weighted by Crippen LogP contribution is 2.28. The standard InChI is InChI=1S/C15H19NO4S/c1-15(19,10-3-5-11(20-2)6-4-10)13(17)9-12-14(18)16-7-8-21-12/h3-6,12,19H,7-9H2,1-2H3,(H,16,18)/t12-,15+/m0/s1. The van der Waals surface area contributed by atoms with Gasteiger partial charge in [-0.3, -0.25) is 9.59 Å². The minimum atomic E-state index is -1.61. The molecule has 1 aliphatic rings. The van der Waals surface area contributed by atoms with Gasteiger partial charge >= 0.3 is 0 Å². The summed E-state index contributed by atoms with van der Waals surface area (Å²) in [6.45, 7) is 2.09. The first-order valence-electron chi connectivity index (χ1n) is 6.74. The molecule has 1 aromatic rings. The van der Waals surface area contributed by atoms with E-state index < -0.39 is 10.9 Å². The number of aliphatic hydroxyl groups is 1. The number of nitrogens with one attached hydrogen (secondary N) is 1. The monoisotopic (exact) mass is 309 g/mol. The summed E-state index contributed by atoms with van der Waals surface area (Å²) in [6.07, 6.45) is 0.0233. The van der Waals surface area contributed by atoms with Crippen LogP contribution in [0.2, 0.25) is 0 Å². The predicted molar refractivity (Wildman–Crippen MR) is 81.4 cm³/mol. The zero-order valence-electron chi connectivity index (χ0n) is 12.1. The minimum absolute atomic E-state index is 0.0233. The molecule has 2 rings (SSSR count). The van der Waals surface area contributed by atoms with Crippen LogP contribution in [0.15, 0.2) is 24.3 Å². The van der Waals surface area contributed by atoms with Crippen LogP contribution in [-0.4, -0.2) is 41.5 Å². The Morgan fingerprint density at radius 2 is 2.14 bits per heavy atom. The molecule has 0 unspecified atom stereocenters. The van der Waals surface area contributed by atoms with Gasteiger partial charge in [0, 0.05) is 18.7 Å². The summed E-state index contributed by atoms with van der Waals surface area (Å²) in [7, 11) is 1.55. The van der Waals surface area contributed by atoms with Crippen LogP contribution in [-0.2, 0) is 15.2 Å². The number of ketones is 1. The number of carbonyl (C=O) groups is 2. The van der Waals surface area contributed by atoms with Crippen LogP contribution >= 0.6 is 11.8 Å². The predicted octanol–water partition coefficient (Wildman–Crippen LogP) is 1.09. The average molecular weight is 309 g/mol. The molecule has 1 saturated heterocycles. The van der Waals surface area contributed by atoms with Crippen molar-refractivity contribution in [1.29, 1.82) is 0 Å². The molecule has 1 fully saturated rings. The lowest BCUT2D eigenvalue weighted by Gasteiger charge is -2.26. The smallest absolute Gasteiger partial charge is 0.233 e. The number of hydrogen-bond donors (Lipinski definition) is 2. The van der Waals surface area contributed by atoms with Crippen LogP contribution < -0.4 is 10.1 Å². The van der Waals surface area contributed by atoms with Gasteiger partial charge in [-0.25, -0.2) is 0 Å². The van der Waals surface area contributed by atoms with E-state index in [2.05, 4.69) is 5.32 Å². The molecule has 1 aromatic carbocycles. The summed E-state index contributed by atoms with van der Waals surface area (Å²) in [6, 6.07) is 6.70. The molecule has 2 N–H and O–H groups in total. The van der Waals surface area contributed by atoms with Crippen LogP contribution in [0.4, 0.5) is 0 Å². The molecule has 0 aromatic heterocycles. The largest absolute Gasteiger partial charge is 0.497 e. The van der Waals surface area contributed by atoms with Crippen molar-refractivity contribution in [2.24, 2.45) is 0 Å². The Bertz CT molecular complexity index is 527. The number of Topliss-reactive ketones (excluding diaryl/α,β-unsaturated/α-hetero) is 1. The Kier molecular flexibility index (Phi) is 4.90. The maximum atomic E-state index is 12.4. The molecule has 1 amide bonds. The van der Waals surface area contributed by atoms with Crippen molar-refractivity contribution in [1.82, 2.24) is 5.32 Å². The molecular weight excluding hydrogens is 290 g/mol. The summed E-state index contributed by atoms with van der Waals surface area (Å²) in [5.41, 5.74) is -1.11. The number of thioether (sulfide) groups is 1. The Labute approximate surface area is 128 Å². The molecule has 1 aliphatic heterocycles. The third-order valence-electron chi connectivity index (χ3n) is 3.58. The van der Waals surface area contributed by atoms with Gasteiger partial charge in [-0.2, -0.15) is 0 Å². The van der Waals surface area contributed by atoms with Gasteiger partial charge in [0.25, 0.3) is 0 Å². The number of carbonyl (C=O) groups excluding carboxylic acids is 2. The number of rotatable bonds is 5. The van der Waals surface area contributed by atoms with Crippen LogP contribution in [0.1, 0.15) is 18.9 Å². The summed E-state index contributed by atoms with van der Waals surface area (Å²) in [5, 5.41) is 12.8. The van der Waals surface area contributed by atoms with E-state index in [0.717, 1.165) is 5.75 Å². The third-order valence-corrected chi connectivity index (χ3v) is 4.80. The van der Waals surface area contributed by atoms with Gasteiger partial charge in [0.05, 0.1) is 12.4 Å². The highest BCUT2D eigenvalue weighted by Gasteiger charge is 2.36. The summed E-state index contributed by atoms with van der Waals surface area (Å²) >= 11 is 1.45. The highest BCUT2D eigenvalue weighted by molar-refractivity contribution is 8.00. The maximum Gasteiger partial charge on any atom is 0.233 e. The lowest BCUT2D eigenvalue weighted by atomic mass is 9.89. The number of methoxy groups -OCH3 is 1. The molecule has 21 heavy (non-hydrogen) atoms. The summed E-state index contributed by atoms with van der Waals surface area (Å²) in [5.74, 6) is 0.950. The van der Waals surface area contributed by atoms with Crippen molar-refractivity contribution >= 4 is 23.5 Å². The molecule has 0 bridgehead atoms. The maximum absolute atomic E-state index is 12.4. The van der Waals surface area contributed by atoms with E-state index in [-0.39, 0.29) is 18.1 Å². The zero-order chi connectivity index (χ0) is 15.5. The van der Waals surface area contributed by atoms with E-state index in [1.54, 1.807) is 31.4 Å². The van der Waals surface area contributed by atoms with E-state index in [9.17, 15) is 14.7 Å². The fourth-order valence-corrected chi connectivity index (χ4v) is 3.17. The van der Waals surface area contributed by atoms with Gasteiger partial charge in [0.1, 0.15) is 11.4 Å². The number of benzene rings is 1. The number of hydrogen-bond acceptors (Lipinski definition) is 5. The van der Waals surface area contributed by atoms with Crippen molar-refractivity contribution in [3.63, 3.8) is 0 Å². The fourth-order valence-electron chi connectivity index (χ4n) is 2.16. The fraction of sp³-hybridized carbons (Fsp3) is 0.467. The van der Waals surface area contributed by atoms with Gasteiger partial charge in [-0.15, -0.1) is 11.8 Å². The molecule has 0 aliphatic carbocycles. The van der Waals surface area contributed by atoms with E-state index in [4.69, 9.17) is 4.74 Å². The number of amides is 1. The van der Waals surface area contributed by atoms with Crippen molar-refractivity contribution in [2.45, 2.75) is 24.2 Å². The summed E-state index contributed by atoms with van der Waals surface area (Å²) < 4.78 is 5.06. The molecule has 2 atom stereocenters. The van der Waals surface area contributed by atoms with Crippen LogP contribution in [0, 0.1) is 0 Å². The van der Waals surface area contributed by atoms with E-state index in [1.165, 1.54) is 18.7 Å². The second-order valence-electron chi connectivity index (χ2n) is 5.08. The lowest BCUT2D eigenvalue weighted by molar-refractivity contribution is -0.138. The summed E-state index contributed by atoms with van der Waals surface area (Å²) in [4.78, 5) is 24.1. The molecule has 114 valence electrons. The van der Waals surface area contributed by atoms with Gasteiger partial charge in [0.15, 0.2) is 5.78 Å². The zero-order valence-corrected chi connectivity index (χ0v) is 12.9. The van der Waals surface area contributed by atoms with E-state index in [1.807, 2.05) is 0 Å². The quantitative estimate of drug-likeness (QED) is 0.852. The Balaban J connectivity index is 2.09. The Hall–Kier alpha value is -1.53. The van der Waals surface area contributed by atoms with E-state index >= 15 is 0 Å². The second kappa shape index (κ2) is 6.49. The van der Waals surface area contributed by atoms with Gasteiger partial charge < -0.3 is 15.2 Å². The minimum Gasteiger partial charge on any atom is -0.497 e. The normalized spacial score (nSPS) is 21.3. The molecule has 0 radical (unpaired) electrons. The van der Waals surface area contributed by atoms with E-state index in [0.29, 0.717) is 17.9 Å². The van der Waals surface area contributed by atoms with Crippen LogP contribution in [0.3, 0.4) is 0 Å². The topological polar surface area (TPSA) is 75.6 Å². The first-order valence-corrected chi connectivity index (χ1v) is 7.79. The van der Waals surface area contributed by atoms with Gasteiger partial charge in [0.2, 0.25) is 5.91 Å². The van der Waals surface area contributed by atoms with Gasteiger partial charge in [-0.1, -0.05) is 12.1 Å². The first-order chi connectivity index (χ1) is 9.95. The molecule has 0 spiro atoms. The van der Waals surface area contributed by atoms with Crippen LogP contribution in [0.25, 0.3) is 0 Å². The number of ether oxygens (including phenoxy) is 1. The first kappa shape index (κ1) is 15.9. The van der Waals surface area contributed by atoms with Crippen molar-refractivity contribution < 1.29 is 19.4 Å². The molecular formula is C15H19NO4S. The molecule has 6 heteroatoms. The molecule has 0 saturated carbocycles. The molecule has 5 nitrogen and oxygen atoms in total. The van der Waals surface area contributed by atoms with Gasteiger partial charge in [-0.05, 0) is 24.6 Å². The van der Waals surface area contributed by atoms with Crippen LogP contribution in [0.5, 0.6) is 5.75 Å². The Morgan fingerprint density at radius 3 is 2.71 bits per heavy atom. The van der Waals surface area contributed by atoms with Crippen molar-refractivity contribution in [2.75, 3.05) is 19.4 Å². The average Bonchev–Trinajstić information content (AvgIpc) is 2.49. The van der Waals surface area contributed by atoms with Crippen molar-refractivity contribution in [3.05, 3.63) is 29.8 Å². The third kappa shape index (κ3) is 3.57. The highest BCUT2D eigenvalue weighted by atomic mass is 32.2. The lowest BCUT2D eigenvalue weighted by Crippen LogP contribution is -2.43.